The summed E-state index contributed by atoms with van der Waals surface area (Å²) in [5.74, 6) is 1.53. The van der Waals surface area contributed by atoms with Gasteiger partial charge in [0, 0.05) is 11.6 Å². The molecular formula is C23H28N2O6. The van der Waals surface area contributed by atoms with Gasteiger partial charge in [0.15, 0.2) is 11.5 Å². The maximum atomic E-state index is 13.0. The Morgan fingerprint density at radius 2 is 1.55 bits per heavy atom. The zero-order valence-corrected chi connectivity index (χ0v) is 18.4. The van der Waals surface area contributed by atoms with E-state index >= 15 is 0 Å². The Labute approximate surface area is 181 Å². The largest absolute Gasteiger partial charge is 0.497 e. The van der Waals surface area contributed by atoms with Gasteiger partial charge >= 0.3 is 0 Å². The first-order valence-corrected chi connectivity index (χ1v) is 10.1. The van der Waals surface area contributed by atoms with Crippen LogP contribution in [-0.2, 0) is 4.79 Å². The number of nitrogens with one attached hydrogen (secondary N) is 2. The van der Waals surface area contributed by atoms with Crippen molar-refractivity contribution in [1.29, 1.82) is 0 Å². The van der Waals surface area contributed by atoms with Gasteiger partial charge in [0.05, 0.1) is 20.3 Å². The summed E-state index contributed by atoms with van der Waals surface area (Å²) >= 11 is 0. The Balaban J connectivity index is 1.71. The van der Waals surface area contributed by atoms with Crippen molar-refractivity contribution in [1.82, 2.24) is 10.6 Å². The molecule has 2 amide bonds. The van der Waals surface area contributed by atoms with Gasteiger partial charge in [-0.3, -0.25) is 9.59 Å². The second-order valence-corrected chi connectivity index (χ2v) is 7.64. The van der Waals surface area contributed by atoms with Crippen LogP contribution in [0.5, 0.6) is 23.0 Å². The summed E-state index contributed by atoms with van der Waals surface area (Å²) in [6, 6.07) is 9.42. The first-order valence-electron chi connectivity index (χ1n) is 10.1. The lowest BCUT2D eigenvalue weighted by Gasteiger charge is -2.24. The molecule has 0 saturated heterocycles. The van der Waals surface area contributed by atoms with Gasteiger partial charge < -0.3 is 29.6 Å². The van der Waals surface area contributed by atoms with Crippen molar-refractivity contribution in [3.63, 3.8) is 0 Å². The van der Waals surface area contributed by atoms with E-state index in [1.54, 1.807) is 18.2 Å². The molecule has 8 nitrogen and oxygen atoms in total. The minimum Gasteiger partial charge on any atom is -0.497 e. The predicted molar refractivity (Wildman–Crippen MR) is 115 cm³/mol. The van der Waals surface area contributed by atoms with Crippen LogP contribution in [0.3, 0.4) is 0 Å². The number of ether oxygens (including phenoxy) is 4. The molecule has 166 valence electrons. The molecule has 2 aromatic carbocycles. The highest BCUT2D eigenvalue weighted by atomic mass is 16.7. The van der Waals surface area contributed by atoms with Crippen molar-refractivity contribution in [2.24, 2.45) is 5.92 Å². The van der Waals surface area contributed by atoms with Gasteiger partial charge in [0.1, 0.15) is 17.5 Å². The number of amides is 2. The number of carbonyl (C=O) groups excluding carboxylic acids is 2. The summed E-state index contributed by atoms with van der Waals surface area (Å²) in [5, 5.41) is 5.80. The number of benzene rings is 2. The molecule has 3 rings (SSSR count). The standard InChI is InChI=1S/C23H28N2O6/c1-13(2)21(25-22(26)16-8-17(28-4)11-18(9-16)29-5)23(27)24-14(3)15-6-7-19-20(10-15)31-12-30-19/h6-11,13-14,21H,12H2,1-5H3,(H,24,27)(H,25,26)/t14-,21+/m1/s1. The van der Waals surface area contributed by atoms with Gasteiger partial charge in [-0.05, 0) is 42.7 Å². The Morgan fingerprint density at radius 1 is 0.903 bits per heavy atom. The molecule has 0 aliphatic carbocycles. The topological polar surface area (TPSA) is 95.1 Å². The lowest BCUT2D eigenvalue weighted by molar-refractivity contribution is -0.124. The summed E-state index contributed by atoms with van der Waals surface area (Å²) in [4.78, 5) is 25.8. The van der Waals surface area contributed by atoms with Gasteiger partial charge in [0.25, 0.3) is 5.91 Å². The molecule has 2 aromatic rings. The summed E-state index contributed by atoms with van der Waals surface area (Å²) in [6.07, 6.45) is 0. The van der Waals surface area contributed by atoms with Crippen molar-refractivity contribution >= 4 is 11.8 Å². The van der Waals surface area contributed by atoms with E-state index in [4.69, 9.17) is 18.9 Å². The Bertz CT molecular complexity index is 937. The van der Waals surface area contributed by atoms with Crippen molar-refractivity contribution < 1.29 is 28.5 Å². The molecule has 0 saturated carbocycles. The normalized spacial score (nSPS) is 14.0. The zero-order valence-electron chi connectivity index (χ0n) is 18.4. The van der Waals surface area contributed by atoms with Gasteiger partial charge in [0.2, 0.25) is 12.7 Å². The molecule has 2 atom stereocenters. The minimum atomic E-state index is -0.721. The second-order valence-electron chi connectivity index (χ2n) is 7.64. The van der Waals surface area contributed by atoms with E-state index in [2.05, 4.69) is 10.6 Å². The molecule has 1 aliphatic heterocycles. The van der Waals surface area contributed by atoms with E-state index in [1.807, 2.05) is 39.0 Å². The molecule has 0 bridgehead atoms. The molecule has 2 N–H and O–H groups in total. The monoisotopic (exact) mass is 428 g/mol. The number of rotatable bonds is 8. The Kier molecular flexibility index (Phi) is 6.89. The van der Waals surface area contributed by atoms with E-state index in [0.717, 1.165) is 5.56 Å². The zero-order chi connectivity index (χ0) is 22.5. The molecule has 31 heavy (non-hydrogen) atoms. The van der Waals surface area contributed by atoms with Crippen molar-refractivity contribution in [3.8, 4) is 23.0 Å². The fourth-order valence-electron chi connectivity index (χ4n) is 3.27. The van der Waals surface area contributed by atoms with Crippen LogP contribution in [0, 0.1) is 5.92 Å². The fourth-order valence-corrected chi connectivity index (χ4v) is 3.27. The smallest absolute Gasteiger partial charge is 0.252 e. The van der Waals surface area contributed by atoms with Crippen molar-refractivity contribution in [2.45, 2.75) is 32.9 Å². The predicted octanol–water partition coefficient (Wildman–Crippen LogP) is 3.06. The maximum Gasteiger partial charge on any atom is 0.252 e. The van der Waals surface area contributed by atoms with E-state index in [9.17, 15) is 9.59 Å². The first-order chi connectivity index (χ1) is 14.8. The molecule has 0 aromatic heterocycles. The average Bonchev–Trinajstić information content (AvgIpc) is 3.24. The van der Waals surface area contributed by atoms with Crippen molar-refractivity contribution in [3.05, 3.63) is 47.5 Å². The van der Waals surface area contributed by atoms with Gasteiger partial charge in [-0.1, -0.05) is 19.9 Å². The van der Waals surface area contributed by atoms with E-state index in [1.165, 1.54) is 14.2 Å². The highest BCUT2D eigenvalue weighted by Crippen LogP contribution is 2.34. The third-order valence-electron chi connectivity index (χ3n) is 5.10. The van der Waals surface area contributed by atoms with Crippen LogP contribution in [0.25, 0.3) is 0 Å². The summed E-state index contributed by atoms with van der Waals surface area (Å²) < 4.78 is 21.2. The molecular weight excluding hydrogens is 400 g/mol. The molecule has 0 unspecified atom stereocenters. The van der Waals surface area contributed by atoms with Crippen LogP contribution < -0.4 is 29.6 Å². The molecule has 1 heterocycles. The number of methoxy groups -OCH3 is 2. The summed E-state index contributed by atoms with van der Waals surface area (Å²) in [7, 11) is 3.02. The maximum absolute atomic E-state index is 13.0. The number of fused-ring (bicyclic) bond motifs is 1. The number of hydrogen-bond acceptors (Lipinski definition) is 6. The summed E-state index contributed by atoms with van der Waals surface area (Å²) in [5.41, 5.74) is 1.22. The van der Waals surface area contributed by atoms with E-state index in [-0.39, 0.29) is 30.6 Å². The van der Waals surface area contributed by atoms with Crippen LogP contribution >= 0.6 is 0 Å². The Hall–Kier alpha value is -3.42. The van der Waals surface area contributed by atoms with Gasteiger partial charge in [-0.25, -0.2) is 0 Å². The van der Waals surface area contributed by atoms with Crippen LogP contribution in [0.15, 0.2) is 36.4 Å². The van der Waals surface area contributed by atoms with Crippen LogP contribution in [0.1, 0.15) is 42.7 Å². The average molecular weight is 428 g/mol. The first kappa shape index (κ1) is 22.3. The van der Waals surface area contributed by atoms with Crippen molar-refractivity contribution in [2.75, 3.05) is 21.0 Å². The fraction of sp³-hybridized carbons (Fsp3) is 0.391. The van der Waals surface area contributed by atoms with Crippen LogP contribution in [0.2, 0.25) is 0 Å². The van der Waals surface area contributed by atoms with E-state index in [0.29, 0.717) is 28.6 Å². The van der Waals surface area contributed by atoms with Gasteiger partial charge in [-0.2, -0.15) is 0 Å². The SMILES string of the molecule is COc1cc(OC)cc(C(=O)N[C@H](C(=O)N[C@H](C)c2ccc3c(c2)OCO3)C(C)C)c1. The Morgan fingerprint density at radius 3 is 2.16 bits per heavy atom. The second kappa shape index (κ2) is 9.59. The third kappa shape index (κ3) is 5.20. The third-order valence-corrected chi connectivity index (χ3v) is 5.10. The molecule has 1 aliphatic rings. The highest BCUT2D eigenvalue weighted by Gasteiger charge is 2.27. The lowest BCUT2D eigenvalue weighted by atomic mass is 10.0. The minimum absolute atomic E-state index is 0.125. The van der Waals surface area contributed by atoms with Crippen LogP contribution in [0.4, 0.5) is 0 Å². The number of hydrogen-bond donors (Lipinski definition) is 2. The molecule has 0 radical (unpaired) electrons. The van der Waals surface area contributed by atoms with Crippen LogP contribution in [-0.4, -0.2) is 38.9 Å². The highest BCUT2D eigenvalue weighted by molar-refractivity contribution is 5.98. The molecule has 0 fully saturated rings. The van der Waals surface area contributed by atoms with E-state index < -0.39 is 6.04 Å². The number of carbonyl (C=O) groups is 2. The van der Waals surface area contributed by atoms with Gasteiger partial charge in [-0.15, -0.1) is 0 Å². The lowest BCUT2D eigenvalue weighted by Crippen LogP contribution is -2.50. The molecule has 0 spiro atoms. The summed E-state index contributed by atoms with van der Waals surface area (Å²) in [6.45, 7) is 5.82. The molecule has 8 heteroatoms. The quantitative estimate of drug-likeness (QED) is 0.671.